The molecule has 1 rings (SSSR count). The van der Waals surface area contributed by atoms with Crippen LogP contribution in [0.25, 0.3) is 0 Å². The fraction of sp³-hybridized carbons (Fsp3) is 0.667. The third-order valence-corrected chi connectivity index (χ3v) is 0.851. The van der Waals surface area contributed by atoms with Crippen LogP contribution in [0.2, 0.25) is 0 Å². The lowest BCUT2D eigenvalue weighted by molar-refractivity contribution is -0.188. The van der Waals surface area contributed by atoms with Crippen molar-refractivity contribution < 1.29 is 22.0 Å². The van der Waals surface area contributed by atoms with Gasteiger partial charge in [0.05, 0.1) is 0 Å². The zero-order valence-electron chi connectivity index (χ0n) is 3.84. The number of aliphatic imine (C=N–C) groups is 1. The van der Waals surface area contributed by atoms with Crippen LogP contribution in [-0.4, -0.2) is 17.9 Å². The quantitative estimate of drug-likeness (QED) is 0.362. The predicted molar refractivity (Wildman–Crippen MR) is 18.4 cm³/mol. The summed E-state index contributed by atoms with van der Waals surface area (Å²) in [7, 11) is 0. The van der Waals surface area contributed by atoms with E-state index >= 15 is 0 Å². The standard InChI is InChI=1S/C3F5N/c4-1-2(5,9-1)3(6,7)8. The van der Waals surface area contributed by atoms with E-state index < -0.39 is 17.9 Å². The lowest BCUT2D eigenvalue weighted by Crippen LogP contribution is -2.31. The normalized spacial score (nSPS) is 34.1. The third kappa shape index (κ3) is 0.691. The molecule has 6 heteroatoms. The Labute approximate surface area is 46.2 Å². The van der Waals surface area contributed by atoms with Crippen molar-refractivity contribution in [2.24, 2.45) is 4.99 Å². The van der Waals surface area contributed by atoms with Crippen molar-refractivity contribution in [3.05, 3.63) is 0 Å². The summed E-state index contributed by atoms with van der Waals surface area (Å²) >= 11 is 0. The maximum Gasteiger partial charge on any atom is 0.452 e. The average molecular weight is 145 g/mol. The van der Waals surface area contributed by atoms with E-state index in [0.29, 0.717) is 0 Å². The van der Waals surface area contributed by atoms with E-state index in [1.54, 1.807) is 0 Å². The van der Waals surface area contributed by atoms with Gasteiger partial charge in [-0.2, -0.15) is 22.0 Å². The van der Waals surface area contributed by atoms with Crippen molar-refractivity contribution in [3.8, 4) is 0 Å². The molecule has 1 aliphatic heterocycles. The Bertz CT molecular complexity index is 170. The van der Waals surface area contributed by atoms with Crippen LogP contribution in [0.1, 0.15) is 0 Å². The maximum absolute atomic E-state index is 11.7. The lowest BCUT2D eigenvalue weighted by Gasteiger charge is -2.05. The zero-order valence-corrected chi connectivity index (χ0v) is 3.84. The van der Waals surface area contributed by atoms with Gasteiger partial charge in [-0.25, -0.2) is 4.99 Å². The summed E-state index contributed by atoms with van der Waals surface area (Å²) < 4.78 is 56.4. The highest BCUT2D eigenvalue weighted by molar-refractivity contribution is 5.97. The Kier molecular flexibility index (Phi) is 0.891. The molecule has 0 saturated carbocycles. The average Bonchev–Trinajstić information content (AvgIpc) is 2.13. The first kappa shape index (κ1) is 6.44. The van der Waals surface area contributed by atoms with Crippen LogP contribution in [-0.2, 0) is 0 Å². The summed E-state index contributed by atoms with van der Waals surface area (Å²) in [4.78, 5) is 1.92. The van der Waals surface area contributed by atoms with Crippen molar-refractivity contribution in [2.45, 2.75) is 12.0 Å². The number of hydrogen-bond donors (Lipinski definition) is 0. The van der Waals surface area contributed by atoms with Gasteiger partial charge in [0.15, 0.2) is 0 Å². The molecule has 0 fully saturated rings. The molecule has 1 nitrogen and oxygen atoms in total. The molecule has 52 valence electrons. The molecule has 0 amide bonds. The summed E-state index contributed by atoms with van der Waals surface area (Å²) in [6.45, 7) is 0. The second-order valence-electron chi connectivity index (χ2n) is 1.52. The van der Waals surface area contributed by atoms with E-state index in [1.807, 2.05) is 4.99 Å². The largest absolute Gasteiger partial charge is 0.452 e. The molecule has 0 N–H and O–H groups in total. The fourth-order valence-corrected chi connectivity index (χ4v) is 0.288. The van der Waals surface area contributed by atoms with Crippen molar-refractivity contribution in [1.82, 2.24) is 0 Å². The minimum absolute atomic E-state index is 1.92. The SMILES string of the molecule is FC1=NC1(F)C(F)(F)F. The highest BCUT2D eigenvalue weighted by Crippen LogP contribution is 2.45. The van der Waals surface area contributed by atoms with E-state index in [-0.39, 0.29) is 0 Å². The molecular formula is C3F5N. The molecule has 1 aliphatic rings. The molecule has 0 aliphatic carbocycles. The third-order valence-electron chi connectivity index (χ3n) is 0.851. The Balaban J connectivity index is 2.68. The van der Waals surface area contributed by atoms with Crippen LogP contribution in [0, 0.1) is 0 Å². The summed E-state index contributed by atoms with van der Waals surface area (Å²) in [5.41, 5.74) is 0. The Morgan fingerprint density at radius 3 is 1.67 bits per heavy atom. The van der Waals surface area contributed by atoms with Crippen LogP contribution < -0.4 is 0 Å². The molecule has 1 unspecified atom stereocenters. The number of alkyl halides is 4. The van der Waals surface area contributed by atoms with Gasteiger partial charge in [0.25, 0.3) is 5.97 Å². The number of rotatable bonds is 0. The number of nitrogens with zero attached hydrogens (tertiary/aromatic N) is 1. The van der Waals surface area contributed by atoms with Gasteiger partial charge in [-0.3, -0.25) is 0 Å². The second-order valence-corrected chi connectivity index (χ2v) is 1.52. The lowest BCUT2D eigenvalue weighted by atomic mass is 10.4. The van der Waals surface area contributed by atoms with Gasteiger partial charge in [-0.1, -0.05) is 0 Å². The predicted octanol–water partition coefficient (Wildman–Crippen LogP) is 1.60. The Morgan fingerprint density at radius 2 is 1.67 bits per heavy atom. The second kappa shape index (κ2) is 1.25. The van der Waals surface area contributed by atoms with Crippen molar-refractivity contribution >= 4 is 5.97 Å². The first-order chi connectivity index (χ1) is 3.88. The summed E-state index contributed by atoms with van der Waals surface area (Å²) in [6, 6.07) is 0. The first-order valence-corrected chi connectivity index (χ1v) is 1.89. The molecule has 9 heavy (non-hydrogen) atoms. The van der Waals surface area contributed by atoms with Crippen LogP contribution in [0.3, 0.4) is 0 Å². The first-order valence-electron chi connectivity index (χ1n) is 1.89. The van der Waals surface area contributed by atoms with E-state index in [1.165, 1.54) is 0 Å². The molecule has 1 atom stereocenters. The molecular weight excluding hydrogens is 145 g/mol. The zero-order chi connectivity index (χ0) is 7.28. The van der Waals surface area contributed by atoms with Crippen LogP contribution >= 0.6 is 0 Å². The van der Waals surface area contributed by atoms with Crippen molar-refractivity contribution in [2.75, 3.05) is 0 Å². The maximum atomic E-state index is 11.7. The van der Waals surface area contributed by atoms with Crippen molar-refractivity contribution in [1.29, 1.82) is 0 Å². The van der Waals surface area contributed by atoms with Crippen LogP contribution in [0.5, 0.6) is 0 Å². The molecule has 0 aromatic carbocycles. The molecule has 0 bridgehead atoms. The summed E-state index contributed by atoms with van der Waals surface area (Å²) in [5, 5.41) is 0. The highest BCUT2D eigenvalue weighted by atomic mass is 19.4. The van der Waals surface area contributed by atoms with Gasteiger partial charge in [0, 0.05) is 0 Å². The van der Waals surface area contributed by atoms with E-state index in [2.05, 4.69) is 0 Å². The topological polar surface area (TPSA) is 12.4 Å². The van der Waals surface area contributed by atoms with Gasteiger partial charge in [-0.05, 0) is 0 Å². The van der Waals surface area contributed by atoms with Crippen LogP contribution in [0.15, 0.2) is 4.99 Å². The van der Waals surface area contributed by atoms with E-state index in [9.17, 15) is 22.0 Å². The van der Waals surface area contributed by atoms with E-state index in [0.717, 1.165) is 0 Å². The Hall–Kier alpha value is -0.680. The molecule has 0 saturated heterocycles. The number of hydrogen-bond acceptors (Lipinski definition) is 1. The van der Waals surface area contributed by atoms with Gasteiger partial charge in [0.2, 0.25) is 0 Å². The van der Waals surface area contributed by atoms with Gasteiger partial charge < -0.3 is 0 Å². The van der Waals surface area contributed by atoms with Gasteiger partial charge in [0.1, 0.15) is 0 Å². The molecule has 0 aromatic heterocycles. The minimum atomic E-state index is -5.23. The number of halogens is 5. The van der Waals surface area contributed by atoms with Crippen molar-refractivity contribution in [3.63, 3.8) is 0 Å². The molecule has 0 radical (unpaired) electrons. The van der Waals surface area contributed by atoms with Crippen LogP contribution in [0.4, 0.5) is 22.0 Å². The smallest absolute Gasteiger partial charge is 0.200 e. The summed E-state index contributed by atoms with van der Waals surface area (Å²) in [5.74, 6) is -5.97. The Morgan fingerprint density at radius 1 is 1.33 bits per heavy atom. The highest BCUT2D eigenvalue weighted by Gasteiger charge is 2.70. The molecule has 0 aromatic rings. The fourth-order valence-electron chi connectivity index (χ4n) is 0.288. The van der Waals surface area contributed by atoms with Gasteiger partial charge >= 0.3 is 12.0 Å². The monoisotopic (exact) mass is 145 g/mol. The minimum Gasteiger partial charge on any atom is -0.200 e. The van der Waals surface area contributed by atoms with Gasteiger partial charge in [-0.15, -0.1) is 0 Å². The van der Waals surface area contributed by atoms with E-state index in [4.69, 9.17) is 0 Å². The molecule has 0 spiro atoms. The summed E-state index contributed by atoms with van der Waals surface area (Å²) in [6.07, 6.45) is -5.23. The molecule has 1 heterocycles.